The average Bonchev–Trinajstić information content (AvgIpc) is 3.35. The largest absolute Gasteiger partial charge is 0.462 e. The third-order valence-corrected chi connectivity index (χ3v) is 14.9. The van der Waals surface area contributed by atoms with Gasteiger partial charge in [-0.3, -0.25) is 9.59 Å². The van der Waals surface area contributed by atoms with Crippen molar-refractivity contribution < 1.29 is 19.1 Å². The minimum Gasteiger partial charge on any atom is -0.462 e. The molecule has 6 rings (SSSR count). The molecular weight excluding hydrogens is 532 g/mol. The Morgan fingerprint density at radius 1 is 0.814 bits per heavy atom. The van der Waals surface area contributed by atoms with Crippen molar-refractivity contribution in [1.82, 2.24) is 0 Å². The highest BCUT2D eigenvalue weighted by Crippen LogP contribution is 2.77. The summed E-state index contributed by atoms with van der Waals surface area (Å²) in [4.78, 5) is 26.2. The number of rotatable bonds is 5. The summed E-state index contributed by atoms with van der Waals surface area (Å²) in [5.41, 5.74) is 2.51. The molecule has 4 heteroatoms. The Bertz CT molecular complexity index is 1270. The molecule has 0 N–H and O–H groups in total. The number of allylic oxidation sites excluding steroid dienone is 1. The van der Waals surface area contributed by atoms with Crippen LogP contribution in [0.2, 0.25) is 0 Å². The minimum atomic E-state index is -0.392. The monoisotopic (exact) mass is 588 g/mol. The van der Waals surface area contributed by atoms with E-state index in [2.05, 4.69) is 48.1 Å². The van der Waals surface area contributed by atoms with Gasteiger partial charge in [-0.15, -0.1) is 0 Å². The summed E-state index contributed by atoms with van der Waals surface area (Å²) in [5, 5.41) is 0. The number of hydrogen-bond acceptors (Lipinski definition) is 4. The van der Waals surface area contributed by atoms with E-state index in [4.69, 9.17) is 9.47 Å². The second kappa shape index (κ2) is 10.5. The third-order valence-electron chi connectivity index (χ3n) is 14.9. The summed E-state index contributed by atoms with van der Waals surface area (Å²) in [6.45, 7) is 21.2. The fourth-order valence-electron chi connectivity index (χ4n) is 12.8. The van der Waals surface area contributed by atoms with E-state index in [0.717, 1.165) is 44.1 Å². The van der Waals surface area contributed by atoms with E-state index in [1.54, 1.807) is 6.92 Å². The third kappa shape index (κ3) is 4.42. The Balaban J connectivity index is 1.31. The Labute approximate surface area is 260 Å². The van der Waals surface area contributed by atoms with E-state index in [9.17, 15) is 9.59 Å². The van der Waals surface area contributed by atoms with Crippen LogP contribution in [-0.2, 0) is 25.7 Å². The molecule has 0 bridgehead atoms. The molecule has 5 aliphatic carbocycles. The normalized spacial score (nSPS) is 44.6. The van der Waals surface area contributed by atoms with E-state index in [0.29, 0.717) is 36.2 Å². The van der Waals surface area contributed by atoms with Gasteiger partial charge < -0.3 is 9.47 Å². The van der Waals surface area contributed by atoms with Crippen molar-refractivity contribution in [1.29, 1.82) is 0 Å². The zero-order valence-electron chi connectivity index (χ0n) is 28.0. The van der Waals surface area contributed by atoms with Crippen molar-refractivity contribution in [2.75, 3.05) is 0 Å². The summed E-state index contributed by atoms with van der Waals surface area (Å²) in [7, 11) is 0. The summed E-state index contributed by atoms with van der Waals surface area (Å²) in [6.07, 6.45) is 11.0. The lowest BCUT2D eigenvalue weighted by atomic mass is 9.32. The predicted molar refractivity (Wildman–Crippen MR) is 171 cm³/mol. The first kappa shape index (κ1) is 30.9. The highest BCUT2D eigenvalue weighted by atomic mass is 16.5. The predicted octanol–water partition coefficient (Wildman–Crippen LogP) is 9.32. The number of carbonyl (C=O) groups excluding carboxylic acids is 2. The van der Waals surface area contributed by atoms with Gasteiger partial charge >= 0.3 is 11.9 Å². The first-order chi connectivity index (χ1) is 20.2. The van der Waals surface area contributed by atoms with Crippen molar-refractivity contribution in [3.8, 4) is 0 Å². The SMILES string of the molecule is C=C(C)C1CCC2(C(=O)OCc3ccccc3)CCC3(C)C(CCC4C5(C)CCC(OC(C)=O)C(C)(C)C5CCC43C)C12. The van der Waals surface area contributed by atoms with Crippen LogP contribution < -0.4 is 0 Å². The lowest BCUT2D eigenvalue weighted by Gasteiger charge is -2.72. The van der Waals surface area contributed by atoms with Crippen LogP contribution in [0.15, 0.2) is 42.5 Å². The van der Waals surface area contributed by atoms with Crippen LogP contribution in [0.25, 0.3) is 0 Å². The lowest BCUT2D eigenvalue weighted by molar-refractivity contribution is -0.250. The number of fused-ring (bicyclic) bond motifs is 7. The van der Waals surface area contributed by atoms with Crippen molar-refractivity contribution in [2.45, 2.75) is 125 Å². The van der Waals surface area contributed by atoms with Crippen LogP contribution in [0.3, 0.4) is 0 Å². The molecule has 5 saturated carbocycles. The fraction of sp³-hybridized carbons (Fsp3) is 0.744. The number of ether oxygens (including phenoxy) is 2. The smallest absolute Gasteiger partial charge is 0.312 e. The van der Waals surface area contributed by atoms with Crippen LogP contribution in [-0.4, -0.2) is 18.0 Å². The van der Waals surface area contributed by atoms with Crippen LogP contribution in [0.1, 0.15) is 118 Å². The van der Waals surface area contributed by atoms with Crippen molar-refractivity contribution >= 4 is 11.9 Å². The van der Waals surface area contributed by atoms with Crippen molar-refractivity contribution in [3.63, 3.8) is 0 Å². The average molecular weight is 589 g/mol. The summed E-state index contributed by atoms with van der Waals surface area (Å²) in [5.74, 6) is 2.28. The topological polar surface area (TPSA) is 52.6 Å². The van der Waals surface area contributed by atoms with Gasteiger partial charge in [0.15, 0.2) is 0 Å². The molecule has 0 radical (unpaired) electrons. The molecule has 0 heterocycles. The van der Waals surface area contributed by atoms with Gasteiger partial charge in [0.2, 0.25) is 0 Å². The van der Waals surface area contributed by atoms with Crippen LogP contribution in [0.4, 0.5) is 0 Å². The quantitative estimate of drug-likeness (QED) is 0.254. The molecule has 10 unspecified atom stereocenters. The fourth-order valence-corrected chi connectivity index (χ4v) is 12.8. The Kier molecular flexibility index (Phi) is 7.53. The van der Waals surface area contributed by atoms with Crippen LogP contribution in [0.5, 0.6) is 0 Å². The first-order valence-electron chi connectivity index (χ1n) is 17.2. The molecule has 1 aromatic rings. The van der Waals surface area contributed by atoms with Crippen molar-refractivity contribution in [3.05, 3.63) is 48.0 Å². The maximum Gasteiger partial charge on any atom is 0.312 e. The molecule has 5 fully saturated rings. The highest BCUT2D eigenvalue weighted by Gasteiger charge is 2.72. The van der Waals surface area contributed by atoms with E-state index >= 15 is 0 Å². The molecule has 4 nitrogen and oxygen atoms in total. The molecule has 0 amide bonds. The molecular formula is C39H56O4. The van der Waals surface area contributed by atoms with Gasteiger partial charge in [0.05, 0.1) is 5.41 Å². The number of hydrogen-bond donors (Lipinski definition) is 0. The van der Waals surface area contributed by atoms with Gasteiger partial charge in [-0.2, -0.15) is 0 Å². The summed E-state index contributed by atoms with van der Waals surface area (Å²) < 4.78 is 12.1. The highest BCUT2D eigenvalue weighted by molar-refractivity contribution is 5.78. The number of carbonyl (C=O) groups is 2. The van der Waals surface area contributed by atoms with Crippen LogP contribution >= 0.6 is 0 Å². The van der Waals surface area contributed by atoms with Gasteiger partial charge in [-0.05, 0) is 123 Å². The lowest BCUT2D eigenvalue weighted by Crippen LogP contribution is -2.67. The van der Waals surface area contributed by atoms with Gasteiger partial charge in [0.25, 0.3) is 0 Å². The van der Waals surface area contributed by atoms with Gasteiger partial charge in [-0.1, -0.05) is 77.1 Å². The summed E-state index contributed by atoms with van der Waals surface area (Å²) in [6, 6.07) is 10.1. The van der Waals surface area contributed by atoms with E-state index < -0.39 is 5.41 Å². The molecule has 0 aliphatic heterocycles. The molecule has 5 aliphatic rings. The summed E-state index contributed by atoms with van der Waals surface area (Å²) >= 11 is 0. The minimum absolute atomic E-state index is 0.00589. The molecule has 43 heavy (non-hydrogen) atoms. The first-order valence-corrected chi connectivity index (χ1v) is 17.2. The Hall–Kier alpha value is -2.10. The molecule has 0 spiro atoms. The number of benzene rings is 1. The van der Waals surface area contributed by atoms with E-state index in [1.807, 2.05) is 30.3 Å². The van der Waals surface area contributed by atoms with Crippen molar-refractivity contribution in [2.24, 2.45) is 56.7 Å². The maximum atomic E-state index is 14.2. The van der Waals surface area contributed by atoms with Gasteiger partial charge in [0.1, 0.15) is 12.7 Å². The molecule has 1 aromatic carbocycles. The second-order valence-corrected chi connectivity index (χ2v) is 16.9. The maximum absolute atomic E-state index is 14.2. The van der Waals surface area contributed by atoms with Gasteiger partial charge in [-0.25, -0.2) is 0 Å². The zero-order chi connectivity index (χ0) is 31.0. The second-order valence-electron chi connectivity index (χ2n) is 16.9. The standard InChI is InChI=1S/C39H56O4/c1-25(2)28-16-21-39(34(41)42-24-27-12-10-9-11-13-27)23-22-37(7)29(33(28)39)14-15-31-36(6)19-18-32(43-26(3)40)35(4,5)30(36)17-20-38(31,37)8/h9-13,28-33H,1,14-24H2,2-8H3. The van der Waals surface area contributed by atoms with E-state index in [1.165, 1.54) is 31.3 Å². The molecule has 236 valence electrons. The van der Waals surface area contributed by atoms with Gasteiger partial charge in [0, 0.05) is 12.3 Å². The van der Waals surface area contributed by atoms with E-state index in [-0.39, 0.29) is 39.7 Å². The molecule has 10 atom stereocenters. The molecule has 0 saturated heterocycles. The Morgan fingerprint density at radius 2 is 1.53 bits per heavy atom. The number of esters is 2. The molecule has 0 aromatic heterocycles. The van der Waals surface area contributed by atoms with Crippen LogP contribution in [0, 0.1) is 56.7 Å². The zero-order valence-corrected chi connectivity index (χ0v) is 28.0. The Morgan fingerprint density at radius 3 is 2.21 bits per heavy atom.